The van der Waals surface area contributed by atoms with E-state index in [4.69, 9.17) is 0 Å². The van der Waals surface area contributed by atoms with Crippen molar-refractivity contribution >= 4 is 11.7 Å². The first-order valence-electron chi connectivity index (χ1n) is 6.85. The first kappa shape index (κ1) is 13.9. The van der Waals surface area contributed by atoms with Gasteiger partial charge in [-0.25, -0.2) is 4.98 Å². The van der Waals surface area contributed by atoms with Gasteiger partial charge in [-0.3, -0.25) is 14.5 Å². The van der Waals surface area contributed by atoms with Crippen molar-refractivity contribution in [1.82, 2.24) is 19.7 Å². The molecule has 1 amide bonds. The maximum Gasteiger partial charge on any atom is 0.229 e. The van der Waals surface area contributed by atoms with E-state index in [0.717, 1.165) is 11.1 Å². The highest BCUT2D eigenvalue weighted by atomic mass is 16.1. The second kappa shape index (κ2) is 6.17. The van der Waals surface area contributed by atoms with Crippen molar-refractivity contribution in [1.29, 1.82) is 0 Å². The Labute approximate surface area is 127 Å². The maximum absolute atomic E-state index is 11.9. The van der Waals surface area contributed by atoms with E-state index in [9.17, 15) is 4.79 Å². The maximum atomic E-state index is 11.9. The van der Waals surface area contributed by atoms with Gasteiger partial charge in [0, 0.05) is 18.8 Å². The molecule has 2 heterocycles. The molecule has 110 valence electrons. The van der Waals surface area contributed by atoms with Gasteiger partial charge < -0.3 is 5.32 Å². The third-order valence-electron chi connectivity index (χ3n) is 3.13. The zero-order valence-electron chi connectivity index (χ0n) is 12.1. The summed E-state index contributed by atoms with van der Waals surface area (Å²) in [5.41, 5.74) is 2.56. The number of aryl methyl sites for hydroxylation is 1. The fourth-order valence-corrected chi connectivity index (χ4v) is 2.06. The molecule has 6 heteroatoms. The molecule has 0 unspecified atom stereocenters. The summed E-state index contributed by atoms with van der Waals surface area (Å²) >= 11 is 0. The molecule has 3 rings (SSSR count). The Bertz CT molecular complexity index is 765. The molecule has 3 aromatic rings. The monoisotopic (exact) mass is 293 g/mol. The SMILES string of the molecule is Cn1cc(-c2cnc(NC(=O)Cc3ccccc3)cn2)cn1. The molecule has 6 nitrogen and oxygen atoms in total. The average Bonchev–Trinajstić information content (AvgIpc) is 2.95. The smallest absolute Gasteiger partial charge is 0.229 e. The van der Waals surface area contributed by atoms with Crippen molar-refractivity contribution in [3.63, 3.8) is 0 Å². The van der Waals surface area contributed by atoms with Gasteiger partial charge in [0.25, 0.3) is 0 Å². The van der Waals surface area contributed by atoms with Crippen molar-refractivity contribution in [2.24, 2.45) is 7.05 Å². The van der Waals surface area contributed by atoms with E-state index >= 15 is 0 Å². The Morgan fingerprint density at radius 2 is 1.95 bits per heavy atom. The zero-order valence-corrected chi connectivity index (χ0v) is 12.1. The van der Waals surface area contributed by atoms with Crippen molar-refractivity contribution in [2.45, 2.75) is 6.42 Å². The highest BCUT2D eigenvalue weighted by Crippen LogP contribution is 2.15. The number of carbonyl (C=O) groups excluding carboxylic acids is 1. The van der Waals surface area contributed by atoms with Crippen LogP contribution >= 0.6 is 0 Å². The summed E-state index contributed by atoms with van der Waals surface area (Å²) in [6, 6.07) is 9.56. The number of aromatic nitrogens is 4. The molecule has 0 saturated heterocycles. The largest absolute Gasteiger partial charge is 0.309 e. The molecule has 0 fully saturated rings. The highest BCUT2D eigenvalue weighted by molar-refractivity contribution is 5.91. The third-order valence-corrected chi connectivity index (χ3v) is 3.13. The van der Waals surface area contributed by atoms with Crippen molar-refractivity contribution in [2.75, 3.05) is 5.32 Å². The van der Waals surface area contributed by atoms with E-state index in [-0.39, 0.29) is 5.91 Å². The van der Waals surface area contributed by atoms with Gasteiger partial charge in [-0.05, 0) is 5.56 Å². The lowest BCUT2D eigenvalue weighted by Gasteiger charge is -2.04. The van der Waals surface area contributed by atoms with Crippen molar-refractivity contribution in [3.05, 3.63) is 60.7 Å². The zero-order chi connectivity index (χ0) is 15.4. The number of hydrogen-bond donors (Lipinski definition) is 1. The Morgan fingerprint density at radius 1 is 1.14 bits per heavy atom. The van der Waals surface area contributed by atoms with Gasteiger partial charge in [0.2, 0.25) is 5.91 Å². The predicted molar refractivity (Wildman–Crippen MR) is 83.0 cm³/mol. The van der Waals surface area contributed by atoms with Gasteiger partial charge in [0.05, 0.1) is 30.7 Å². The molecule has 0 aliphatic carbocycles. The van der Waals surface area contributed by atoms with Crippen LogP contribution in [0.2, 0.25) is 0 Å². The van der Waals surface area contributed by atoms with Crippen LogP contribution in [0.15, 0.2) is 55.1 Å². The molecule has 1 N–H and O–H groups in total. The molecule has 1 aromatic carbocycles. The minimum absolute atomic E-state index is 0.116. The fourth-order valence-electron chi connectivity index (χ4n) is 2.06. The summed E-state index contributed by atoms with van der Waals surface area (Å²) in [5, 5.41) is 6.83. The molecular weight excluding hydrogens is 278 g/mol. The van der Waals surface area contributed by atoms with Gasteiger partial charge in [-0.1, -0.05) is 30.3 Å². The Hall–Kier alpha value is -3.02. The van der Waals surface area contributed by atoms with Gasteiger partial charge >= 0.3 is 0 Å². The lowest BCUT2D eigenvalue weighted by molar-refractivity contribution is -0.115. The van der Waals surface area contributed by atoms with Crippen LogP contribution in [-0.4, -0.2) is 25.7 Å². The van der Waals surface area contributed by atoms with Gasteiger partial charge in [0.1, 0.15) is 0 Å². The molecule has 0 atom stereocenters. The van der Waals surface area contributed by atoms with Gasteiger partial charge in [-0.15, -0.1) is 0 Å². The highest BCUT2D eigenvalue weighted by Gasteiger charge is 2.07. The molecular formula is C16H15N5O. The molecule has 0 bridgehead atoms. The normalized spacial score (nSPS) is 10.4. The van der Waals surface area contributed by atoms with Crippen LogP contribution in [0.4, 0.5) is 5.82 Å². The first-order chi connectivity index (χ1) is 10.7. The fraction of sp³-hybridized carbons (Fsp3) is 0.125. The van der Waals surface area contributed by atoms with Crippen LogP contribution in [0, 0.1) is 0 Å². The van der Waals surface area contributed by atoms with Gasteiger partial charge in [0.15, 0.2) is 5.82 Å². The number of hydrogen-bond acceptors (Lipinski definition) is 4. The molecule has 0 aliphatic heterocycles. The summed E-state index contributed by atoms with van der Waals surface area (Å²) in [4.78, 5) is 20.5. The van der Waals surface area contributed by atoms with Crippen LogP contribution in [-0.2, 0) is 18.3 Å². The van der Waals surface area contributed by atoms with E-state index in [1.165, 1.54) is 0 Å². The van der Waals surface area contributed by atoms with Crippen LogP contribution < -0.4 is 5.32 Å². The lowest BCUT2D eigenvalue weighted by Crippen LogP contribution is -2.15. The van der Waals surface area contributed by atoms with Crippen LogP contribution in [0.25, 0.3) is 11.3 Å². The molecule has 0 saturated carbocycles. The number of carbonyl (C=O) groups is 1. The van der Waals surface area contributed by atoms with E-state index in [1.807, 2.05) is 43.6 Å². The number of nitrogens with one attached hydrogen (secondary N) is 1. The lowest BCUT2D eigenvalue weighted by atomic mass is 10.1. The quantitative estimate of drug-likeness (QED) is 0.799. The van der Waals surface area contributed by atoms with Crippen molar-refractivity contribution < 1.29 is 4.79 Å². The minimum Gasteiger partial charge on any atom is -0.309 e. The Kier molecular flexibility index (Phi) is 3.91. The van der Waals surface area contributed by atoms with Crippen molar-refractivity contribution in [3.8, 4) is 11.3 Å². The van der Waals surface area contributed by atoms with Crippen LogP contribution in [0.3, 0.4) is 0 Å². The third kappa shape index (κ3) is 3.35. The topological polar surface area (TPSA) is 72.7 Å². The van der Waals surface area contributed by atoms with E-state index < -0.39 is 0 Å². The first-order valence-corrected chi connectivity index (χ1v) is 6.85. The second-order valence-corrected chi connectivity index (χ2v) is 4.90. The summed E-state index contributed by atoms with van der Waals surface area (Å²) in [6.07, 6.45) is 7.06. The van der Waals surface area contributed by atoms with E-state index in [1.54, 1.807) is 23.3 Å². The van der Waals surface area contributed by atoms with Crippen LogP contribution in [0.5, 0.6) is 0 Å². The number of rotatable bonds is 4. The number of amides is 1. The summed E-state index contributed by atoms with van der Waals surface area (Å²) in [7, 11) is 1.84. The molecule has 0 aliphatic rings. The summed E-state index contributed by atoms with van der Waals surface area (Å²) in [5.74, 6) is 0.322. The summed E-state index contributed by atoms with van der Waals surface area (Å²) < 4.78 is 1.70. The average molecular weight is 293 g/mol. The van der Waals surface area contributed by atoms with E-state index in [0.29, 0.717) is 17.9 Å². The molecule has 0 spiro atoms. The molecule has 22 heavy (non-hydrogen) atoms. The molecule has 2 aromatic heterocycles. The number of anilines is 1. The van der Waals surface area contributed by atoms with Gasteiger partial charge in [-0.2, -0.15) is 5.10 Å². The predicted octanol–water partition coefficient (Wildman–Crippen LogP) is 2.06. The Balaban J connectivity index is 1.65. The molecule has 0 radical (unpaired) electrons. The Morgan fingerprint density at radius 3 is 2.59 bits per heavy atom. The summed E-state index contributed by atoms with van der Waals surface area (Å²) in [6.45, 7) is 0. The minimum atomic E-state index is -0.116. The second-order valence-electron chi connectivity index (χ2n) is 4.90. The van der Waals surface area contributed by atoms with Crippen LogP contribution in [0.1, 0.15) is 5.56 Å². The number of nitrogens with zero attached hydrogens (tertiary/aromatic N) is 4. The number of benzene rings is 1. The van der Waals surface area contributed by atoms with E-state index in [2.05, 4.69) is 20.4 Å². The standard InChI is InChI=1S/C16H15N5O/c1-21-11-13(8-19-21)14-9-18-15(10-17-14)20-16(22)7-12-5-3-2-4-6-12/h2-6,8-11H,7H2,1H3,(H,18,20,22).